The molecule has 1 aromatic rings. The molecule has 0 aliphatic carbocycles. The normalized spacial score (nSPS) is 18.6. The molecule has 0 aromatic heterocycles. The monoisotopic (exact) mass is 245 g/mol. The summed E-state index contributed by atoms with van der Waals surface area (Å²) in [5.74, 6) is 0. The third kappa shape index (κ3) is 2.74. The molecule has 0 amide bonds. The molecule has 2 N–H and O–H groups in total. The van der Waals surface area contributed by atoms with Gasteiger partial charge in [-0.2, -0.15) is 5.26 Å². The van der Waals surface area contributed by atoms with E-state index in [9.17, 15) is 0 Å². The first kappa shape index (κ1) is 12.7. The van der Waals surface area contributed by atoms with Gasteiger partial charge in [0.25, 0.3) is 0 Å². The summed E-state index contributed by atoms with van der Waals surface area (Å²) in [5, 5.41) is 8.84. The maximum atomic E-state index is 8.84. The van der Waals surface area contributed by atoms with Gasteiger partial charge in [0.2, 0.25) is 0 Å². The van der Waals surface area contributed by atoms with Gasteiger partial charge in [0.1, 0.15) is 0 Å². The van der Waals surface area contributed by atoms with Crippen molar-refractivity contribution in [3.8, 4) is 6.07 Å². The molecule has 1 aliphatic rings. The number of rotatable bonds is 4. The number of hydrogen-bond acceptors (Lipinski definition) is 4. The van der Waals surface area contributed by atoms with Crippen LogP contribution in [-0.4, -0.2) is 25.8 Å². The molecule has 96 valence electrons. The van der Waals surface area contributed by atoms with Crippen LogP contribution in [0.25, 0.3) is 0 Å². The fourth-order valence-corrected chi connectivity index (χ4v) is 2.34. The van der Waals surface area contributed by atoms with Crippen LogP contribution in [-0.2, 0) is 4.74 Å². The van der Waals surface area contributed by atoms with Crippen LogP contribution in [0.4, 0.5) is 11.4 Å². The van der Waals surface area contributed by atoms with Gasteiger partial charge in [-0.05, 0) is 38.0 Å². The standard InChI is InChI=1S/C14H19N3O/c1-2-17(10-12-4-3-7-18-12)14-6-5-11(9-15)8-13(14)16/h5-6,8,12H,2-4,7,10,16H2,1H3. The minimum Gasteiger partial charge on any atom is -0.397 e. The summed E-state index contributed by atoms with van der Waals surface area (Å²) >= 11 is 0. The van der Waals surface area contributed by atoms with Gasteiger partial charge in [0.05, 0.1) is 29.1 Å². The molecule has 1 fully saturated rings. The van der Waals surface area contributed by atoms with Crippen LogP contribution in [0.2, 0.25) is 0 Å². The first-order chi connectivity index (χ1) is 8.74. The van der Waals surface area contributed by atoms with E-state index in [1.54, 1.807) is 6.07 Å². The second kappa shape index (κ2) is 5.74. The highest BCUT2D eigenvalue weighted by Crippen LogP contribution is 2.26. The molecule has 1 saturated heterocycles. The molecule has 4 nitrogen and oxygen atoms in total. The van der Waals surface area contributed by atoms with E-state index in [1.165, 1.54) is 0 Å². The van der Waals surface area contributed by atoms with Crippen molar-refractivity contribution in [3.05, 3.63) is 23.8 Å². The van der Waals surface area contributed by atoms with E-state index in [1.807, 2.05) is 12.1 Å². The number of nitrogens with zero attached hydrogens (tertiary/aromatic N) is 2. The molecule has 1 aromatic carbocycles. The lowest BCUT2D eigenvalue weighted by Crippen LogP contribution is -2.32. The molecule has 1 unspecified atom stereocenters. The summed E-state index contributed by atoms with van der Waals surface area (Å²) in [6.07, 6.45) is 2.57. The van der Waals surface area contributed by atoms with Gasteiger partial charge in [-0.25, -0.2) is 0 Å². The predicted octanol–water partition coefficient (Wildman–Crippen LogP) is 2.15. The zero-order chi connectivity index (χ0) is 13.0. The van der Waals surface area contributed by atoms with Crippen molar-refractivity contribution in [1.82, 2.24) is 0 Å². The molecular formula is C14H19N3O. The lowest BCUT2D eigenvalue weighted by Gasteiger charge is -2.27. The Balaban J connectivity index is 2.14. The van der Waals surface area contributed by atoms with Gasteiger partial charge >= 0.3 is 0 Å². The minimum absolute atomic E-state index is 0.306. The summed E-state index contributed by atoms with van der Waals surface area (Å²) in [6, 6.07) is 7.56. The van der Waals surface area contributed by atoms with Crippen molar-refractivity contribution in [2.24, 2.45) is 0 Å². The average Bonchev–Trinajstić information content (AvgIpc) is 2.89. The number of likely N-dealkylation sites (N-methyl/N-ethyl adjacent to an activating group) is 1. The number of ether oxygens (including phenoxy) is 1. The molecule has 18 heavy (non-hydrogen) atoms. The Morgan fingerprint density at radius 2 is 2.39 bits per heavy atom. The highest BCUT2D eigenvalue weighted by molar-refractivity contribution is 5.69. The van der Waals surface area contributed by atoms with Crippen LogP contribution < -0.4 is 10.6 Å². The topological polar surface area (TPSA) is 62.3 Å². The summed E-state index contributed by atoms with van der Waals surface area (Å²) in [5.41, 5.74) is 8.27. The second-order valence-electron chi connectivity index (χ2n) is 4.56. The molecule has 0 spiro atoms. The molecular weight excluding hydrogens is 226 g/mol. The van der Waals surface area contributed by atoms with E-state index in [0.717, 1.165) is 38.2 Å². The molecule has 2 rings (SSSR count). The molecule has 4 heteroatoms. The van der Waals surface area contributed by atoms with Crippen LogP contribution in [0, 0.1) is 11.3 Å². The Morgan fingerprint density at radius 1 is 1.56 bits per heavy atom. The van der Waals surface area contributed by atoms with Crippen molar-refractivity contribution in [2.45, 2.75) is 25.9 Å². The Morgan fingerprint density at radius 3 is 2.94 bits per heavy atom. The highest BCUT2D eigenvalue weighted by atomic mass is 16.5. The van der Waals surface area contributed by atoms with Crippen LogP contribution >= 0.6 is 0 Å². The fourth-order valence-electron chi connectivity index (χ4n) is 2.34. The highest BCUT2D eigenvalue weighted by Gasteiger charge is 2.19. The van der Waals surface area contributed by atoms with E-state index in [4.69, 9.17) is 15.7 Å². The summed E-state index contributed by atoms with van der Waals surface area (Å²) in [4.78, 5) is 2.21. The second-order valence-corrected chi connectivity index (χ2v) is 4.56. The summed E-state index contributed by atoms with van der Waals surface area (Å²) in [7, 11) is 0. The van der Waals surface area contributed by atoms with Crippen LogP contribution in [0.15, 0.2) is 18.2 Å². The van der Waals surface area contributed by atoms with Gasteiger partial charge in [-0.1, -0.05) is 0 Å². The number of nitriles is 1. The maximum absolute atomic E-state index is 8.84. The van der Waals surface area contributed by atoms with Gasteiger partial charge in [-0.3, -0.25) is 0 Å². The smallest absolute Gasteiger partial charge is 0.0992 e. The minimum atomic E-state index is 0.306. The van der Waals surface area contributed by atoms with E-state index < -0.39 is 0 Å². The number of nitrogens with two attached hydrogens (primary N) is 1. The molecule has 0 bridgehead atoms. The fraction of sp³-hybridized carbons (Fsp3) is 0.500. The van der Waals surface area contributed by atoms with Gasteiger partial charge in [-0.15, -0.1) is 0 Å². The van der Waals surface area contributed by atoms with Crippen molar-refractivity contribution in [2.75, 3.05) is 30.3 Å². The van der Waals surface area contributed by atoms with E-state index in [-0.39, 0.29) is 0 Å². The van der Waals surface area contributed by atoms with Crippen molar-refractivity contribution >= 4 is 11.4 Å². The summed E-state index contributed by atoms with van der Waals surface area (Å²) in [6.45, 7) is 4.72. The van der Waals surface area contributed by atoms with Crippen molar-refractivity contribution < 1.29 is 4.74 Å². The third-order valence-corrected chi connectivity index (χ3v) is 3.33. The molecule has 1 atom stereocenters. The number of benzene rings is 1. The first-order valence-corrected chi connectivity index (χ1v) is 6.40. The molecule has 0 saturated carbocycles. The van der Waals surface area contributed by atoms with Gasteiger partial charge in [0.15, 0.2) is 0 Å². The Kier molecular flexibility index (Phi) is 4.06. The maximum Gasteiger partial charge on any atom is 0.0992 e. The molecule has 1 aliphatic heterocycles. The van der Waals surface area contributed by atoms with E-state index in [0.29, 0.717) is 17.4 Å². The molecule has 0 radical (unpaired) electrons. The van der Waals surface area contributed by atoms with Crippen LogP contribution in [0.1, 0.15) is 25.3 Å². The molecule has 1 heterocycles. The zero-order valence-electron chi connectivity index (χ0n) is 10.7. The lowest BCUT2D eigenvalue weighted by molar-refractivity contribution is 0.116. The van der Waals surface area contributed by atoms with Gasteiger partial charge in [0, 0.05) is 19.7 Å². The van der Waals surface area contributed by atoms with E-state index in [2.05, 4.69) is 17.9 Å². The zero-order valence-corrected chi connectivity index (χ0v) is 10.7. The number of anilines is 2. The SMILES string of the molecule is CCN(CC1CCCO1)c1ccc(C#N)cc1N. The average molecular weight is 245 g/mol. The van der Waals surface area contributed by atoms with Crippen molar-refractivity contribution in [1.29, 1.82) is 5.26 Å². The van der Waals surface area contributed by atoms with Gasteiger partial charge < -0.3 is 15.4 Å². The summed E-state index contributed by atoms with van der Waals surface area (Å²) < 4.78 is 5.66. The Bertz CT molecular complexity index is 447. The quantitative estimate of drug-likeness (QED) is 0.826. The van der Waals surface area contributed by atoms with E-state index >= 15 is 0 Å². The van der Waals surface area contributed by atoms with Crippen molar-refractivity contribution in [3.63, 3.8) is 0 Å². The lowest BCUT2D eigenvalue weighted by atomic mass is 10.1. The Labute approximate surface area is 108 Å². The Hall–Kier alpha value is -1.73. The number of nitrogen functional groups attached to an aromatic ring is 1. The third-order valence-electron chi connectivity index (χ3n) is 3.33. The largest absolute Gasteiger partial charge is 0.397 e. The van der Waals surface area contributed by atoms with Crippen LogP contribution in [0.5, 0.6) is 0 Å². The first-order valence-electron chi connectivity index (χ1n) is 6.40. The predicted molar refractivity (Wildman–Crippen MR) is 72.4 cm³/mol. The number of hydrogen-bond donors (Lipinski definition) is 1. The van der Waals surface area contributed by atoms with Crippen LogP contribution in [0.3, 0.4) is 0 Å².